The van der Waals surface area contributed by atoms with E-state index >= 15 is 0 Å². The molecule has 156 valence electrons. The average Bonchev–Trinajstić information content (AvgIpc) is 2.70. The molecule has 3 rings (SSSR count). The third-order valence-electron chi connectivity index (χ3n) is 5.95. The van der Waals surface area contributed by atoms with Crippen molar-refractivity contribution in [3.8, 4) is 0 Å². The Labute approximate surface area is 178 Å². The second-order valence-corrected chi connectivity index (χ2v) is 10.7. The van der Waals surface area contributed by atoms with Gasteiger partial charge in [0.25, 0.3) is 0 Å². The molecule has 28 heavy (non-hydrogen) atoms. The molecule has 0 bridgehead atoms. The first-order valence-corrected chi connectivity index (χ1v) is 12.2. The van der Waals surface area contributed by atoms with Crippen LogP contribution in [-0.4, -0.2) is 50.2 Å². The monoisotopic (exact) mass is 446 g/mol. The molecule has 1 aromatic rings. The summed E-state index contributed by atoms with van der Waals surface area (Å²) >= 11 is 12.0. The SMILES string of the molecule is CN(CC1CCCCC1)C(=O)C1CCN(S(=O)(=O)c2cc(Cl)ccc2Cl)CC1. The second-order valence-electron chi connectivity index (χ2n) is 7.98. The van der Waals surface area contributed by atoms with Crippen LogP contribution in [0.1, 0.15) is 44.9 Å². The summed E-state index contributed by atoms with van der Waals surface area (Å²) in [6.07, 6.45) is 7.29. The first-order chi connectivity index (χ1) is 13.3. The van der Waals surface area contributed by atoms with Gasteiger partial charge in [-0.05, 0) is 49.8 Å². The summed E-state index contributed by atoms with van der Waals surface area (Å²) in [5.41, 5.74) is 0. The summed E-state index contributed by atoms with van der Waals surface area (Å²) in [5, 5.41) is 0.493. The number of benzene rings is 1. The first kappa shape index (κ1) is 21.9. The first-order valence-electron chi connectivity index (χ1n) is 9.99. The van der Waals surface area contributed by atoms with Crippen LogP contribution in [0.5, 0.6) is 0 Å². The van der Waals surface area contributed by atoms with E-state index in [1.807, 2.05) is 11.9 Å². The maximum Gasteiger partial charge on any atom is 0.244 e. The van der Waals surface area contributed by atoms with E-state index < -0.39 is 10.0 Å². The van der Waals surface area contributed by atoms with Gasteiger partial charge < -0.3 is 4.90 Å². The minimum atomic E-state index is -3.72. The molecule has 1 aliphatic heterocycles. The molecule has 0 atom stereocenters. The van der Waals surface area contributed by atoms with Gasteiger partial charge in [-0.2, -0.15) is 4.31 Å². The lowest BCUT2D eigenvalue weighted by atomic mass is 9.88. The molecule has 1 amide bonds. The number of sulfonamides is 1. The number of piperidine rings is 1. The zero-order valence-corrected chi connectivity index (χ0v) is 18.6. The number of carbonyl (C=O) groups is 1. The zero-order valence-electron chi connectivity index (χ0n) is 16.2. The maximum absolute atomic E-state index is 12.9. The van der Waals surface area contributed by atoms with Gasteiger partial charge in [-0.1, -0.05) is 42.5 Å². The van der Waals surface area contributed by atoms with Gasteiger partial charge in [-0.3, -0.25) is 4.79 Å². The van der Waals surface area contributed by atoms with Crippen molar-refractivity contribution in [1.82, 2.24) is 9.21 Å². The van der Waals surface area contributed by atoms with Crippen LogP contribution in [-0.2, 0) is 14.8 Å². The van der Waals surface area contributed by atoms with Gasteiger partial charge in [0.15, 0.2) is 0 Å². The van der Waals surface area contributed by atoms with Crippen LogP contribution in [0.4, 0.5) is 0 Å². The van der Waals surface area contributed by atoms with Gasteiger partial charge in [0.1, 0.15) is 4.90 Å². The highest BCUT2D eigenvalue weighted by Crippen LogP contribution is 2.31. The van der Waals surface area contributed by atoms with Crippen molar-refractivity contribution >= 4 is 39.1 Å². The predicted molar refractivity (Wildman–Crippen MR) is 112 cm³/mol. The van der Waals surface area contributed by atoms with Crippen molar-refractivity contribution in [2.45, 2.75) is 49.8 Å². The predicted octanol–water partition coefficient (Wildman–Crippen LogP) is 4.43. The Balaban J connectivity index is 1.58. The Morgan fingerprint density at radius 2 is 1.75 bits per heavy atom. The van der Waals surface area contributed by atoms with Gasteiger partial charge in [-0.15, -0.1) is 0 Å². The molecule has 0 radical (unpaired) electrons. The fraction of sp³-hybridized carbons (Fsp3) is 0.650. The van der Waals surface area contributed by atoms with Crippen molar-refractivity contribution in [3.63, 3.8) is 0 Å². The number of halogens is 2. The molecule has 0 N–H and O–H groups in total. The molecular formula is C20H28Cl2N2O3S. The molecule has 0 spiro atoms. The average molecular weight is 447 g/mol. The topological polar surface area (TPSA) is 57.7 Å². The van der Waals surface area contributed by atoms with Gasteiger partial charge >= 0.3 is 0 Å². The fourth-order valence-corrected chi connectivity index (χ4v) is 6.52. The number of carbonyl (C=O) groups excluding carboxylic acids is 1. The van der Waals surface area contributed by atoms with Gasteiger partial charge in [0.05, 0.1) is 5.02 Å². The van der Waals surface area contributed by atoms with E-state index in [1.54, 1.807) is 6.07 Å². The second kappa shape index (κ2) is 9.33. The van der Waals surface area contributed by atoms with Crippen molar-refractivity contribution in [2.24, 2.45) is 11.8 Å². The third kappa shape index (κ3) is 5.02. The molecule has 8 heteroatoms. The van der Waals surface area contributed by atoms with Gasteiger partial charge in [0, 0.05) is 37.6 Å². The van der Waals surface area contributed by atoms with Crippen molar-refractivity contribution in [2.75, 3.05) is 26.7 Å². The Morgan fingerprint density at radius 1 is 1.11 bits per heavy atom. The molecule has 1 aliphatic carbocycles. The zero-order chi connectivity index (χ0) is 20.3. The summed E-state index contributed by atoms with van der Waals surface area (Å²) in [7, 11) is -1.83. The Kier molecular flexibility index (Phi) is 7.29. The summed E-state index contributed by atoms with van der Waals surface area (Å²) < 4.78 is 27.3. The van der Waals surface area contributed by atoms with E-state index in [2.05, 4.69) is 0 Å². The Morgan fingerprint density at radius 3 is 2.39 bits per heavy atom. The highest BCUT2D eigenvalue weighted by atomic mass is 35.5. The number of amides is 1. The van der Waals surface area contributed by atoms with Crippen LogP contribution < -0.4 is 0 Å². The fourth-order valence-electron chi connectivity index (χ4n) is 4.32. The quantitative estimate of drug-likeness (QED) is 0.671. The van der Waals surface area contributed by atoms with Crippen LogP contribution in [0.2, 0.25) is 10.0 Å². The van der Waals surface area contributed by atoms with E-state index in [4.69, 9.17) is 23.2 Å². The summed E-state index contributed by atoms with van der Waals surface area (Å²) in [6.45, 7) is 1.45. The minimum absolute atomic E-state index is 0.0286. The Hall–Kier alpha value is -0.820. The van der Waals surface area contributed by atoms with Crippen LogP contribution in [0.25, 0.3) is 0 Å². The molecular weight excluding hydrogens is 419 g/mol. The normalized spacial score (nSPS) is 20.2. The van der Waals surface area contributed by atoms with Crippen LogP contribution >= 0.6 is 23.2 Å². The van der Waals surface area contributed by atoms with Crippen molar-refractivity contribution in [1.29, 1.82) is 0 Å². The lowest BCUT2D eigenvalue weighted by Crippen LogP contribution is -2.44. The Bertz CT molecular complexity index is 802. The number of hydrogen-bond acceptors (Lipinski definition) is 3. The molecule has 1 heterocycles. The standard InChI is InChI=1S/C20H28Cl2N2O3S/c1-23(14-15-5-3-2-4-6-15)20(25)16-9-11-24(12-10-16)28(26,27)19-13-17(21)7-8-18(19)22/h7-8,13,15-16H,2-6,9-12,14H2,1H3. The largest absolute Gasteiger partial charge is 0.345 e. The third-order valence-corrected chi connectivity index (χ3v) is 8.56. The van der Waals surface area contributed by atoms with Crippen LogP contribution in [0, 0.1) is 11.8 Å². The van der Waals surface area contributed by atoms with Gasteiger partial charge in [0.2, 0.25) is 15.9 Å². The molecule has 5 nitrogen and oxygen atoms in total. The molecule has 0 unspecified atom stereocenters. The van der Waals surface area contributed by atoms with Gasteiger partial charge in [-0.25, -0.2) is 8.42 Å². The smallest absolute Gasteiger partial charge is 0.244 e. The summed E-state index contributed by atoms with van der Waals surface area (Å²) in [4.78, 5) is 14.7. The van der Waals surface area contributed by atoms with E-state index in [-0.39, 0.29) is 21.7 Å². The molecule has 2 fully saturated rings. The molecule has 1 saturated heterocycles. The highest BCUT2D eigenvalue weighted by Gasteiger charge is 2.34. The molecule has 2 aliphatic rings. The number of rotatable bonds is 5. The van der Waals surface area contributed by atoms with Crippen molar-refractivity contribution in [3.05, 3.63) is 28.2 Å². The van der Waals surface area contributed by atoms with E-state index in [9.17, 15) is 13.2 Å². The number of nitrogens with zero attached hydrogens (tertiary/aromatic N) is 2. The van der Waals surface area contributed by atoms with Crippen LogP contribution in [0.15, 0.2) is 23.1 Å². The summed E-state index contributed by atoms with van der Waals surface area (Å²) in [6, 6.07) is 4.44. The summed E-state index contributed by atoms with van der Waals surface area (Å²) in [5.74, 6) is 0.631. The molecule has 0 aromatic heterocycles. The highest BCUT2D eigenvalue weighted by molar-refractivity contribution is 7.89. The van der Waals surface area contributed by atoms with Crippen molar-refractivity contribution < 1.29 is 13.2 Å². The minimum Gasteiger partial charge on any atom is -0.345 e. The van der Waals surface area contributed by atoms with E-state index in [0.29, 0.717) is 36.9 Å². The van der Waals surface area contributed by atoms with E-state index in [0.717, 1.165) is 6.54 Å². The lowest BCUT2D eigenvalue weighted by Gasteiger charge is -2.34. The maximum atomic E-state index is 12.9. The van der Waals surface area contributed by atoms with Crippen LogP contribution in [0.3, 0.4) is 0 Å². The molecule has 1 saturated carbocycles. The molecule has 1 aromatic carbocycles. The number of hydrogen-bond donors (Lipinski definition) is 0. The lowest BCUT2D eigenvalue weighted by molar-refractivity contribution is -0.136. The van der Waals surface area contributed by atoms with E-state index in [1.165, 1.54) is 48.5 Å².